The fourth-order valence-electron chi connectivity index (χ4n) is 2.91. The number of benzene rings is 3. The monoisotopic (exact) mass is 449 g/mol. The van der Waals surface area contributed by atoms with Crippen LogP contribution in [0.15, 0.2) is 87.9 Å². The molecule has 0 spiro atoms. The topological polar surface area (TPSA) is 82.3 Å². The number of azo groups is 1. The molecule has 2 amide bonds. The van der Waals surface area contributed by atoms with E-state index >= 15 is 0 Å². The van der Waals surface area contributed by atoms with Gasteiger partial charge in [0.15, 0.2) is 0 Å². The molecule has 0 saturated carbocycles. The lowest BCUT2D eigenvalue weighted by atomic mass is 10.1. The third-order valence-electron chi connectivity index (χ3n) is 4.48. The summed E-state index contributed by atoms with van der Waals surface area (Å²) in [5.74, 6) is -0.437. The van der Waals surface area contributed by atoms with Gasteiger partial charge >= 0.3 is 0 Å². The second-order valence-electron chi connectivity index (χ2n) is 6.65. The lowest BCUT2D eigenvalue weighted by molar-refractivity contribution is -0.123. The van der Waals surface area contributed by atoms with Gasteiger partial charge in [-0.15, -0.1) is 5.11 Å². The van der Waals surface area contributed by atoms with Gasteiger partial charge in [0.25, 0.3) is 11.1 Å². The summed E-state index contributed by atoms with van der Waals surface area (Å²) in [4.78, 5) is 26.5. The molecule has 3 aromatic carbocycles. The van der Waals surface area contributed by atoms with Crippen LogP contribution in [0.25, 0.3) is 6.08 Å². The van der Waals surface area contributed by atoms with Crippen molar-refractivity contribution in [1.82, 2.24) is 4.90 Å². The molecular weight excluding hydrogens is 434 g/mol. The Morgan fingerprint density at radius 2 is 1.71 bits per heavy atom. The number of hydrogen-bond acceptors (Lipinski definition) is 6. The molecule has 6 nitrogen and oxygen atoms in total. The highest BCUT2D eigenvalue weighted by molar-refractivity contribution is 8.18. The van der Waals surface area contributed by atoms with E-state index < -0.39 is 5.91 Å². The molecule has 4 rings (SSSR count). The zero-order valence-electron chi connectivity index (χ0n) is 16.1. The smallest absolute Gasteiger partial charge is 0.293 e. The van der Waals surface area contributed by atoms with Crippen molar-refractivity contribution < 1.29 is 14.7 Å². The Morgan fingerprint density at radius 1 is 0.968 bits per heavy atom. The Bertz CT molecular complexity index is 1210. The lowest BCUT2D eigenvalue weighted by Gasteiger charge is -2.12. The minimum atomic E-state index is -0.402. The van der Waals surface area contributed by atoms with Crippen LogP contribution in [0.3, 0.4) is 0 Å². The average molecular weight is 450 g/mol. The van der Waals surface area contributed by atoms with Gasteiger partial charge in [-0.3, -0.25) is 14.5 Å². The highest BCUT2D eigenvalue weighted by Gasteiger charge is 2.35. The van der Waals surface area contributed by atoms with E-state index in [4.69, 9.17) is 11.6 Å². The maximum Gasteiger partial charge on any atom is 0.293 e. The standard InChI is InChI=1S/C23H16ClN3O3S/c24-18-8-4-5-9-19(18)26-25-17-10-11-20(28)16(12-17)13-21-22(29)27(23(30)31-21)14-15-6-2-1-3-7-15/h1-13,28H,14H2/b21-13-,26-25?. The van der Waals surface area contributed by atoms with E-state index in [-0.39, 0.29) is 22.4 Å². The third kappa shape index (κ3) is 4.84. The van der Waals surface area contributed by atoms with Crippen LogP contribution >= 0.6 is 23.4 Å². The van der Waals surface area contributed by atoms with E-state index in [0.717, 1.165) is 17.3 Å². The summed E-state index contributed by atoms with van der Waals surface area (Å²) in [5, 5.41) is 18.6. The number of phenolic OH excluding ortho intramolecular Hbond substituents is 1. The van der Waals surface area contributed by atoms with E-state index in [9.17, 15) is 14.7 Å². The summed E-state index contributed by atoms with van der Waals surface area (Å²) in [6.45, 7) is 0.195. The molecule has 3 aromatic rings. The van der Waals surface area contributed by atoms with Crippen LogP contribution < -0.4 is 0 Å². The molecule has 154 valence electrons. The molecular formula is C23H16ClN3O3S. The molecule has 0 radical (unpaired) electrons. The Labute approximate surface area is 187 Å². The van der Waals surface area contributed by atoms with Crippen molar-refractivity contribution in [2.45, 2.75) is 6.54 Å². The van der Waals surface area contributed by atoms with Crippen LogP contribution in [0.5, 0.6) is 5.75 Å². The molecule has 0 unspecified atom stereocenters. The summed E-state index contributed by atoms with van der Waals surface area (Å²) in [7, 11) is 0. The number of hydrogen-bond donors (Lipinski definition) is 1. The first-order valence-corrected chi connectivity index (χ1v) is 10.5. The van der Waals surface area contributed by atoms with E-state index in [1.165, 1.54) is 17.0 Å². The van der Waals surface area contributed by atoms with Gasteiger partial charge < -0.3 is 5.11 Å². The molecule has 31 heavy (non-hydrogen) atoms. The maximum absolute atomic E-state index is 12.7. The molecule has 1 fully saturated rings. The van der Waals surface area contributed by atoms with Gasteiger partial charge in [0.2, 0.25) is 0 Å². The fourth-order valence-corrected chi connectivity index (χ4v) is 3.91. The van der Waals surface area contributed by atoms with Crippen molar-refractivity contribution in [1.29, 1.82) is 0 Å². The number of carbonyl (C=O) groups excluding carboxylic acids is 2. The second-order valence-corrected chi connectivity index (χ2v) is 8.05. The first-order valence-electron chi connectivity index (χ1n) is 9.30. The minimum absolute atomic E-state index is 0.0356. The van der Waals surface area contributed by atoms with Gasteiger partial charge in [-0.2, -0.15) is 5.11 Å². The molecule has 1 aliphatic rings. The fraction of sp³-hybridized carbons (Fsp3) is 0.0435. The van der Waals surface area contributed by atoms with Crippen LogP contribution in [0.4, 0.5) is 16.2 Å². The normalized spacial score (nSPS) is 15.4. The number of carbonyl (C=O) groups is 2. The van der Waals surface area contributed by atoms with Crippen LogP contribution in [0, 0.1) is 0 Å². The van der Waals surface area contributed by atoms with Crippen LogP contribution in [0.1, 0.15) is 11.1 Å². The van der Waals surface area contributed by atoms with Crippen molar-refractivity contribution in [2.75, 3.05) is 0 Å². The Balaban J connectivity index is 1.57. The summed E-state index contributed by atoms with van der Waals surface area (Å²) in [5.41, 5.74) is 2.20. The summed E-state index contributed by atoms with van der Waals surface area (Å²) >= 11 is 6.92. The van der Waals surface area contributed by atoms with Gasteiger partial charge in [0.1, 0.15) is 11.4 Å². The molecule has 0 bridgehead atoms. The number of imide groups is 1. The second kappa shape index (κ2) is 9.16. The highest BCUT2D eigenvalue weighted by atomic mass is 35.5. The molecule has 1 heterocycles. The third-order valence-corrected chi connectivity index (χ3v) is 5.71. The van der Waals surface area contributed by atoms with Gasteiger partial charge in [-0.05, 0) is 53.7 Å². The largest absolute Gasteiger partial charge is 0.507 e. The first kappa shape index (κ1) is 20.8. The molecule has 8 heteroatoms. The SMILES string of the molecule is O=C1S/C(=C\c2cc(N=Nc3ccccc3Cl)ccc2O)C(=O)N1Cc1ccccc1. The van der Waals surface area contributed by atoms with Gasteiger partial charge in [0, 0.05) is 5.56 Å². The predicted octanol–water partition coefficient (Wildman–Crippen LogP) is 6.70. The van der Waals surface area contributed by atoms with Crippen molar-refractivity contribution in [2.24, 2.45) is 10.2 Å². The molecule has 1 saturated heterocycles. The van der Waals surface area contributed by atoms with Crippen LogP contribution in [0.2, 0.25) is 5.02 Å². The molecule has 1 aliphatic heterocycles. The van der Waals surface area contributed by atoms with Crippen molar-refractivity contribution in [3.8, 4) is 5.75 Å². The van der Waals surface area contributed by atoms with E-state index in [2.05, 4.69) is 10.2 Å². The number of aromatic hydroxyl groups is 1. The summed E-state index contributed by atoms with van der Waals surface area (Å²) in [6, 6.07) is 21.0. The van der Waals surface area contributed by atoms with Crippen molar-refractivity contribution in [3.05, 3.63) is 93.9 Å². The quantitative estimate of drug-likeness (QED) is 0.347. The number of nitrogens with zero attached hydrogens (tertiary/aromatic N) is 3. The summed E-state index contributed by atoms with van der Waals surface area (Å²) < 4.78 is 0. The van der Waals surface area contributed by atoms with E-state index in [0.29, 0.717) is 22.0 Å². The Morgan fingerprint density at radius 3 is 2.48 bits per heavy atom. The van der Waals surface area contributed by atoms with E-state index in [1.54, 1.807) is 36.4 Å². The maximum atomic E-state index is 12.7. The lowest BCUT2D eigenvalue weighted by Crippen LogP contribution is -2.27. The van der Waals surface area contributed by atoms with Crippen LogP contribution in [-0.2, 0) is 11.3 Å². The zero-order chi connectivity index (χ0) is 21.8. The van der Waals surface area contributed by atoms with Gasteiger partial charge in [0.05, 0.1) is 22.2 Å². The number of amides is 2. The number of thioether (sulfide) groups is 1. The van der Waals surface area contributed by atoms with E-state index in [1.807, 2.05) is 30.3 Å². The average Bonchev–Trinajstić information content (AvgIpc) is 3.03. The molecule has 1 N–H and O–H groups in total. The number of halogens is 1. The van der Waals surface area contributed by atoms with Gasteiger partial charge in [-0.25, -0.2) is 0 Å². The number of rotatable bonds is 5. The molecule has 0 atom stereocenters. The summed E-state index contributed by atoms with van der Waals surface area (Å²) in [6.07, 6.45) is 1.49. The molecule has 0 aromatic heterocycles. The van der Waals surface area contributed by atoms with Gasteiger partial charge in [-0.1, -0.05) is 54.1 Å². The van der Waals surface area contributed by atoms with Crippen molar-refractivity contribution >= 4 is 52.0 Å². The Hall–Kier alpha value is -3.42. The van der Waals surface area contributed by atoms with Crippen LogP contribution in [-0.4, -0.2) is 21.2 Å². The molecule has 0 aliphatic carbocycles. The number of phenols is 1. The minimum Gasteiger partial charge on any atom is -0.507 e. The first-order chi connectivity index (χ1) is 15.0. The van der Waals surface area contributed by atoms with Crippen molar-refractivity contribution in [3.63, 3.8) is 0 Å². The highest BCUT2D eigenvalue weighted by Crippen LogP contribution is 2.36. The Kier molecular flexibility index (Phi) is 6.16. The predicted molar refractivity (Wildman–Crippen MR) is 122 cm³/mol. The zero-order valence-corrected chi connectivity index (χ0v) is 17.7.